The lowest BCUT2D eigenvalue weighted by Gasteiger charge is -2.25. The van der Waals surface area contributed by atoms with Crippen molar-refractivity contribution in [2.24, 2.45) is 0 Å². The molecule has 210 valence electrons. The first-order valence-corrected chi connectivity index (χ1v) is 12.3. The Morgan fingerprint density at radius 1 is 1.05 bits per heavy atom. The molecule has 3 aromatic rings. The van der Waals surface area contributed by atoms with Gasteiger partial charge in [-0.2, -0.15) is 0 Å². The van der Waals surface area contributed by atoms with Crippen LogP contribution in [0.5, 0.6) is 23.0 Å². The maximum atomic E-state index is 12.7. The molecule has 1 aliphatic rings. The number of aryl methyl sites for hydroxylation is 1. The summed E-state index contributed by atoms with van der Waals surface area (Å²) in [5.74, 6) is -3.86. The van der Waals surface area contributed by atoms with Crippen LogP contribution >= 0.6 is 0 Å². The molecule has 11 heteroatoms. The van der Waals surface area contributed by atoms with Crippen LogP contribution in [0.4, 0.5) is 0 Å². The third kappa shape index (κ3) is 5.28. The number of hydrogen-bond donors (Lipinski definition) is 3. The standard InChI is InChI=1S/C29H29NO10/c1-14-26(34)24-16(11-30-14)12-40-29(24)20-9-18(15(2)31)27(35)25(28(20)36)19(10-22(32)37-3)17-7-5-6-8-21(17)39-13-23(33)38-4/h5-9,11,19,29,34-36H,10,12-13H2,1-4H3. The number of para-hydroxylation sites is 1. The fourth-order valence-corrected chi connectivity index (χ4v) is 4.78. The van der Waals surface area contributed by atoms with Gasteiger partial charge in [0, 0.05) is 39.9 Å². The summed E-state index contributed by atoms with van der Waals surface area (Å²) in [4.78, 5) is 41.2. The average molecular weight is 552 g/mol. The van der Waals surface area contributed by atoms with Gasteiger partial charge in [0.1, 0.15) is 29.1 Å². The lowest BCUT2D eigenvalue weighted by atomic mass is 9.82. The molecule has 0 aliphatic carbocycles. The molecule has 0 amide bonds. The first kappa shape index (κ1) is 28.4. The van der Waals surface area contributed by atoms with Crippen molar-refractivity contribution in [3.8, 4) is 23.0 Å². The highest BCUT2D eigenvalue weighted by atomic mass is 16.6. The number of Topliss-reactive ketones (excluding diaryl/α,β-unsaturated/α-hetero) is 1. The van der Waals surface area contributed by atoms with E-state index in [9.17, 15) is 29.7 Å². The van der Waals surface area contributed by atoms with Crippen molar-refractivity contribution >= 4 is 17.7 Å². The molecule has 0 bridgehead atoms. The Hall–Kier alpha value is -4.64. The molecule has 0 radical (unpaired) electrons. The SMILES string of the molecule is COC(=O)COc1ccccc1C(CC(=O)OC)c1c(O)c(C(C)=O)cc(C2OCc3cnc(C)c(O)c32)c1O. The molecular formula is C29H29NO10. The molecule has 1 aromatic heterocycles. The molecule has 0 fully saturated rings. The molecule has 4 rings (SSSR count). The van der Waals surface area contributed by atoms with Crippen LogP contribution in [0.3, 0.4) is 0 Å². The van der Waals surface area contributed by atoms with Gasteiger partial charge in [0.2, 0.25) is 0 Å². The second-order valence-electron chi connectivity index (χ2n) is 9.24. The Labute approximate surface area is 229 Å². The Bertz CT molecular complexity index is 1480. The van der Waals surface area contributed by atoms with Crippen LogP contribution in [0.15, 0.2) is 36.5 Å². The van der Waals surface area contributed by atoms with Gasteiger partial charge in [0.25, 0.3) is 0 Å². The molecule has 3 N–H and O–H groups in total. The maximum Gasteiger partial charge on any atom is 0.343 e. The van der Waals surface area contributed by atoms with E-state index in [1.54, 1.807) is 37.4 Å². The van der Waals surface area contributed by atoms with Crippen LogP contribution in [-0.4, -0.2) is 58.9 Å². The van der Waals surface area contributed by atoms with E-state index in [1.165, 1.54) is 27.2 Å². The van der Waals surface area contributed by atoms with Crippen LogP contribution in [-0.2, 0) is 30.4 Å². The minimum atomic E-state index is -1.09. The summed E-state index contributed by atoms with van der Waals surface area (Å²) < 4.78 is 21.1. The highest BCUT2D eigenvalue weighted by molar-refractivity contribution is 5.98. The van der Waals surface area contributed by atoms with Crippen molar-refractivity contribution in [1.29, 1.82) is 0 Å². The fraction of sp³-hybridized carbons (Fsp3) is 0.310. The Kier molecular flexibility index (Phi) is 8.24. The largest absolute Gasteiger partial charge is 0.507 e. The van der Waals surface area contributed by atoms with Gasteiger partial charge in [-0.15, -0.1) is 0 Å². The van der Waals surface area contributed by atoms with E-state index in [-0.39, 0.29) is 41.2 Å². The quantitative estimate of drug-likeness (QED) is 0.263. The second-order valence-corrected chi connectivity index (χ2v) is 9.24. The summed E-state index contributed by atoms with van der Waals surface area (Å²) in [6, 6.07) is 7.75. The van der Waals surface area contributed by atoms with E-state index in [0.29, 0.717) is 22.4 Å². The zero-order valence-electron chi connectivity index (χ0n) is 22.4. The molecule has 0 saturated heterocycles. The topological polar surface area (TPSA) is 162 Å². The van der Waals surface area contributed by atoms with Crippen LogP contribution in [0.25, 0.3) is 0 Å². The highest BCUT2D eigenvalue weighted by Gasteiger charge is 2.37. The zero-order valence-corrected chi connectivity index (χ0v) is 22.4. The molecule has 2 aromatic carbocycles. The van der Waals surface area contributed by atoms with Gasteiger partial charge in [-0.1, -0.05) is 18.2 Å². The molecule has 11 nitrogen and oxygen atoms in total. The molecule has 0 spiro atoms. The van der Waals surface area contributed by atoms with Gasteiger partial charge in [0.05, 0.1) is 38.5 Å². The van der Waals surface area contributed by atoms with E-state index in [0.717, 1.165) is 0 Å². The summed E-state index contributed by atoms with van der Waals surface area (Å²) in [6.45, 7) is 2.51. The number of ether oxygens (including phenoxy) is 4. The van der Waals surface area contributed by atoms with Crippen molar-refractivity contribution < 1.29 is 48.7 Å². The number of fused-ring (bicyclic) bond motifs is 1. The molecule has 2 heterocycles. The first-order chi connectivity index (χ1) is 19.1. The number of pyridine rings is 1. The number of aromatic nitrogens is 1. The minimum Gasteiger partial charge on any atom is -0.507 e. The smallest absolute Gasteiger partial charge is 0.343 e. The molecule has 1 aliphatic heterocycles. The van der Waals surface area contributed by atoms with E-state index >= 15 is 0 Å². The summed E-state index contributed by atoms with van der Waals surface area (Å²) in [5.41, 5.74) is 1.46. The zero-order chi connectivity index (χ0) is 29.1. The van der Waals surface area contributed by atoms with Crippen molar-refractivity contribution in [2.75, 3.05) is 20.8 Å². The van der Waals surface area contributed by atoms with Gasteiger partial charge in [0.15, 0.2) is 12.4 Å². The van der Waals surface area contributed by atoms with E-state index < -0.39 is 47.8 Å². The Balaban J connectivity index is 1.96. The number of hydrogen-bond acceptors (Lipinski definition) is 11. The number of rotatable bonds is 9. The molecule has 40 heavy (non-hydrogen) atoms. The minimum absolute atomic E-state index is 0.0850. The lowest BCUT2D eigenvalue weighted by Crippen LogP contribution is -2.17. The normalized spacial score (nSPS) is 14.8. The van der Waals surface area contributed by atoms with Gasteiger partial charge in [-0.25, -0.2) is 4.79 Å². The Morgan fingerprint density at radius 2 is 1.75 bits per heavy atom. The second kappa shape index (κ2) is 11.6. The fourth-order valence-electron chi connectivity index (χ4n) is 4.78. The third-order valence-electron chi connectivity index (χ3n) is 6.84. The highest BCUT2D eigenvalue weighted by Crippen LogP contribution is 2.51. The van der Waals surface area contributed by atoms with Crippen molar-refractivity contribution in [2.45, 2.75) is 38.9 Å². The van der Waals surface area contributed by atoms with Gasteiger partial charge < -0.3 is 34.3 Å². The Morgan fingerprint density at radius 3 is 2.42 bits per heavy atom. The number of carbonyl (C=O) groups excluding carboxylic acids is 3. The number of aromatic hydroxyl groups is 3. The number of carbonyl (C=O) groups is 3. The van der Waals surface area contributed by atoms with E-state index in [4.69, 9.17) is 14.2 Å². The predicted molar refractivity (Wildman–Crippen MR) is 139 cm³/mol. The third-order valence-corrected chi connectivity index (χ3v) is 6.84. The lowest BCUT2D eigenvalue weighted by molar-refractivity contribution is -0.143. The van der Waals surface area contributed by atoms with Crippen LogP contribution < -0.4 is 4.74 Å². The van der Waals surface area contributed by atoms with Gasteiger partial charge >= 0.3 is 11.9 Å². The maximum absolute atomic E-state index is 12.7. The predicted octanol–water partition coefficient (Wildman–Crippen LogP) is 3.58. The van der Waals surface area contributed by atoms with Crippen molar-refractivity contribution in [3.63, 3.8) is 0 Å². The number of ketones is 1. The molecular weight excluding hydrogens is 522 g/mol. The average Bonchev–Trinajstić information content (AvgIpc) is 3.37. The molecule has 2 atom stereocenters. The van der Waals surface area contributed by atoms with E-state index in [2.05, 4.69) is 9.72 Å². The summed E-state index contributed by atoms with van der Waals surface area (Å²) in [7, 11) is 2.40. The van der Waals surface area contributed by atoms with Gasteiger partial charge in [-0.3, -0.25) is 14.6 Å². The van der Waals surface area contributed by atoms with Crippen LogP contribution in [0.2, 0.25) is 0 Å². The number of nitrogens with zero attached hydrogens (tertiary/aromatic N) is 1. The number of methoxy groups -OCH3 is 2. The summed E-state index contributed by atoms with van der Waals surface area (Å²) >= 11 is 0. The first-order valence-electron chi connectivity index (χ1n) is 12.3. The number of phenolic OH excluding ortho intramolecular Hbond substituents is 2. The summed E-state index contributed by atoms with van der Waals surface area (Å²) in [5, 5.41) is 33.8. The van der Waals surface area contributed by atoms with Crippen LogP contribution in [0, 0.1) is 6.92 Å². The molecule has 2 unspecified atom stereocenters. The van der Waals surface area contributed by atoms with Gasteiger partial charge in [-0.05, 0) is 26.0 Å². The van der Waals surface area contributed by atoms with Crippen LogP contribution in [0.1, 0.15) is 69.2 Å². The number of esters is 2. The number of phenols is 2. The number of benzene rings is 2. The summed E-state index contributed by atoms with van der Waals surface area (Å²) in [6.07, 6.45) is 0.190. The van der Waals surface area contributed by atoms with E-state index in [1.807, 2.05) is 0 Å². The van der Waals surface area contributed by atoms with Crippen molar-refractivity contribution in [1.82, 2.24) is 4.98 Å². The molecule has 0 saturated carbocycles. The van der Waals surface area contributed by atoms with Crippen molar-refractivity contribution in [3.05, 3.63) is 75.6 Å². The monoisotopic (exact) mass is 551 g/mol.